The van der Waals surface area contributed by atoms with E-state index in [1.54, 1.807) is 36.5 Å². The van der Waals surface area contributed by atoms with Crippen LogP contribution in [0.4, 0.5) is 11.4 Å². The molecule has 0 unspecified atom stereocenters. The lowest BCUT2D eigenvalue weighted by Crippen LogP contribution is -2.09. The third-order valence-corrected chi connectivity index (χ3v) is 3.85. The normalized spacial score (nSPS) is 12.7. The number of hydrogen-bond acceptors (Lipinski definition) is 7. The first-order valence-electron chi connectivity index (χ1n) is 6.88. The third-order valence-electron chi connectivity index (χ3n) is 2.64. The highest BCUT2D eigenvalue weighted by molar-refractivity contribution is 7.92. The molecule has 0 radical (unpaired) electrons. The summed E-state index contributed by atoms with van der Waals surface area (Å²) in [6.07, 6.45) is 5.21. The summed E-state index contributed by atoms with van der Waals surface area (Å²) in [5.74, 6) is 1.18. The van der Waals surface area contributed by atoms with Crippen LogP contribution < -0.4 is 18.9 Å². The van der Waals surface area contributed by atoms with E-state index in [1.165, 1.54) is 6.20 Å². The molecule has 3 rings (SSSR count). The number of pyridine rings is 1. The van der Waals surface area contributed by atoms with Gasteiger partial charge in [0, 0.05) is 12.3 Å². The maximum Gasteiger partial charge on any atom is 0.231 e. The van der Waals surface area contributed by atoms with Crippen molar-refractivity contribution >= 4 is 31.4 Å². The largest absolute Gasteiger partial charge is 0.454 e. The van der Waals surface area contributed by atoms with Gasteiger partial charge in [-0.05, 0) is 24.3 Å². The van der Waals surface area contributed by atoms with Crippen LogP contribution in [-0.4, -0.2) is 41.1 Å². The maximum absolute atomic E-state index is 10.9. The second-order valence-electron chi connectivity index (χ2n) is 5.06. The Hall–Kier alpha value is -2.53. The zero-order chi connectivity index (χ0) is 18.5. The molecule has 2 aromatic rings. The summed E-state index contributed by atoms with van der Waals surface area (Å²) in [5, 5.41) is 0. The van der Waals surface area contributed by atoms with Gasteiger partial charge < -0.3 is 9.47 Å². The Kier molecular flexibility index (Phi) is 5.69. The number of nitrogens with zero attached hydrogens (tertiary/aromatic N) is 1. The van der Waals surface area contributed by atoms with E-state index in [0.29, 0.717) is 22.9 Å². The fourth-order valence-electron chi connectivity index (χ4n) is 1.81. The number of anilines is 2. The molecule has 0 spiro atoms. The lowest BCUT2D eigenvalue weighted by atomic mass is 10.3. The van der Waals surface area contributed by atoms with Gasteiger partial charge in [-0.3, -0.25) is 14.4 Å². The van der Waals surface area contributed by atoms with E-state index >= 15 is 0 Å². The predicted octanol–water partition coefficient (Wildman–Crippen LogP) is 1.24. The first kappa shape index (κ1) is 18.8. The molecule has 1 aromatic carbocycles. The second-order valence-corrected chi connectivity index (χ2v) is 8.56. The van der Waals surface area contributed by atoms with Crippen LogP contribution >= 0.6 is 0 Å². The van der Waals surface area contributed by atoms with Crippen molar-refractivity contribution in [1.82, 2.24) is 4.98 Å². The van der Waals surface area contributed by atoms with Crippen molar-refractivity contribution in [3.63, 3.8) is 0 Å². The molecule has 0 atom stereocenters. The highest BCUT2D eigenvalue weighted by Gasteiger charge is 2.14. The van der Waals surface area contributed by atoms with Gasteiger partial charge in [-0.2, -0.15) is 0 Å². The Morgan fingerprint density at radius 2 is 1.56 bits per heavy atom. The monoisotopic (exact) mass is 387 g/mol. The van der Waals surface area contributed by atoms with Gasteiger partial charge in [-0.25, -0.2) is 16.8 Å². The first-order chi connectivity index (χ1) is 11.6. The van der Waals surface area contributed by atoms with E-state index in [1.807, 2.05) is 0 Å². The second kappa shape index (κ2) is 7.57. The zero-order valence-corrected chi connectivity index (χ0v) is 15.1. The Bertz CT molecular complexity index is 930. The van der Waals surface area contributed by atoms with Gasteiger partial charge in [-0.1, -0.05) is 0 Å². The van der Waals surface area contributed by atoms with Crippen molar-refractivity contribution in [2.45, 2.75) is 0 Å². The summed E-state index contributed by atoms with van der Waals surface area (Å²) in [4.78, 5) is 3.74. The summed E-state index contributed by atoms with van der Waals surface area (Å²) in [6, 6.07) is 8.16. The Morgan fingerprint density at radius 3 is 2.16 bits per heavy atom. The van der Waals surface area contributed by atoms with Gasteiger partial charge in [0.1, 0.15) is 0 Å². The summed E-state index contributed by atoms with van der Waals surface area (Å²) >= 11 is 0. The van der Waals surface area contributed by atoms with Crippen molar-refractivity contribution in [2.75, 3.05) is 28.7 Å². The standard InChI is InChI=1S/C8H9NO4S.C6H8N2O2S/c1-14(10,11)9-6-2-3-7-8(4-6)13-5-12-7;1-11(9,10)8-6-3-2-4-7-5-6/h2-4,9H,5H2,1H3;2-5,8H,1H3. The molecule has 11 heteroatoms. The van der Waals surface area contributed by atoms with Crippen LogP contribution in [0.2, 0.25) is 0 Å². The highest BCUT2D eigenvalue weighted by atomic mass is 32.2. The fraction of sp³-hybridized carbons (Fsp3) is 0.214. The predicted molar refractivity (Wildman–Crippen MR) is 93.7 cm³/mol. The number of hydrogen-bond donors (Lipinski definition) is 2. The minimum absolute atomic E-state index is 0.178. The molecule has 1 aliphatic heterocycles. The van der Waals surface area contributed by atoms with E-state index in [0.717, 1.165) is 12.5 Å². The van der Waals surface area contributed by atoms with Gasteiger partial charge in [0.05, 0.1) is 30.1 Å². The number of sulfonamides is 2. The fourth-order valence-corrected chi connectivity index (χ4v) is 2.92. The van der Waals surface area contributed by atoms with Crippen molar-refractivity contribution in [3.05, 3.63) is 42.7 Å². The van der Waals surface area contributed by atoms with Crippen molar-refractivity contribution in [1.29, 1.82) is 0 Å². The van der Waals surface area contributed by atoms with Gasteiger partial charge >= 0.3 is 0 Å². The molecule has 0 aliphatic carbocycles. The summed E-state index contributed by atoms with van der Waals surface area (Å²) < 4.78 is 58.0. The lowest BCUT2D eigenvalue weighted by molar-refractivity contribution is 0.174. The smallest absolute Gasteiger partial charge is 0.231 e. The molecule has 0 bridgehead atoms. The average Bonchev–Trinajstić information content (AvgIpc) is 2.93. The molecule has 25 heavy (non-hydrogen) atoms. The zero-order valence-electron chi connectivity index (χ0n) is 13.5. The molecule has 1 aliphatic rings. The van der Waals surface area contributed by atoms with E-state index in [4.69, 9.17) is 9.47 Å². The lowest BCUT2D eigenvalue weighted by Gasteiger charge is -2.03. The Morgan fingerprint density at radius 1 is 0.920 bits per heavy atom. The minimum atomic E-state index is -3.24. The molecular weight excluding hydrogens is 370 g/mol. The number of aromatic nitrogens is 1. The molecule has 0 fully saturated rings. The Labute approximate surface area is 146 Å². The number of fused-ring (bicyclic) bond motifs is 1. The van der Waals surface area contributed by atoms with Gasteiger partial charge in [0.15, 0.2) is 11.5 Å². The van der Waals surface area contributed by atoms with Gasteiger partial charge in [0.2, 0.25) is 26.8 Å². The molecule has 1 aromatic heterocycles. The Balaban J connectivity index is 0.000000186. The topological polar surface area (TPSA) is 124 Å². The molecule has 0 saturated carbocycles. The SMILES string of the molecule is CS(=O)(=O)Nc1ccc2c(c1)OCO2.CS(=O)(=O)Nc1cccnc1. The quantitative estimate of drug-likeness (QED) is 0.809. The molecular formula is C14H17N3O6S2. The number of rotatable bonds is 4. The van der Waals surface area contributed by atoms with E-state index < -0.39 is 20.0 Å². The van der Waals surface area contributed by atoms with Crippen molar-refractivity contribution < 1.29 is 26.3 Å². The summed E-state index contributed by atoms with van der Waals surface area (Å²) in [5.41, 5.74) is 0.951. The van der Waals surface area contributed by atoms with E-state index in [2.05, 4.69) is 14.4 Å². The van der Waals surface area contributed by atoms with E-state index in [9.17, 15) is 16.8 Å². The van der Waals surface area contributed by atoms with Crippen LogP contribution in [0.25, 0.3) is 0 Å². The molecule has 2 N–H and O–H groups in total. The van der Waals surface area contributed by atoms with Crippen LogP contribution in [0.1, 0.15) is 0 Å². The molecule has 0 amide bonds. The van der Waals surface area contributed by atoms with Crippen LogP contribution in [0.5, 0.6) is 11.5 Å². The van der Waals surface area contributed by atoms with Crippen LogP contribution in [0.15, 0.2) is 42.7 Å². The number of benzene rings is 1. The first-order valence-corrected chi connectivity index (χ1v) is 10.7. The van der Waals surface area contributed by atoms with Crippen molar-refractivity contribution in [2.24, 2.45) is 0 Å². The molecule has 2 heterocycles. The van der Waals surface area contributed by atoms with E-state index in [-0.39, 0.29) is 6.79 Å². The van der Waals surface area contributed by atoms with Crippen LogP contribution in [-0.2, 0) is 20.0 Å². The molecule has 136 valence electrons. The third kappa shape index (κ3) is 6.85. The molecule has 9 nitrogen and oxygen atoms in total. The molecule has 0 saturated heterocycles. The average molecular weight is 387 g/mol. The number of nitrogens with one attached hydrogen (secondary N) is 2. The van der Waals surface area contributed by atoms with Gasteiger partial charge in [0.25, 0.3) is 0 Å². The summed E-state index contributed by atoms with van der Waals surface area (Å²) in [7, 11) is -6.41. The maximum atomic E-state index is 10.9. The minimum Gasteiger partial charge on any atom is -0.454 e. The van der Waals surface area contributed by atoms with Gasteiger partial charge in [-0.15, -0.1) is 0 Å². The number of ether oxygens (including phenoxy) is 2. The summed E-state index contributed by atoms with van der Waals surface area (Å²) in [6.45, 7) is 0.178. The van der Waals surface area contributed by atoms with Crippen LogP contribution in [0.3, 0.4) is 0 Å². The van der Waals surface area contributed by atoms with Crippen molar-refractivity contribution in [3.8, 4) is 11.5 Å². The highest BCUT2D eigenvalue weighted by Crippen LogP contribution is 2.34. The van der Waals surface area contributed by atoms with Crippen LogP contribution in [0, 0.1) is 0 Å².